The minimum absolute atomic E-state index is 0.573. The summed E-state index contributed by atoms with van der Waals surface area (Å²) in [6.45, 7) is -2.36. The Morgan fingerprint density at radius 2 is 1.65 bits per heavy atom. The topological polar surface area (TPSA) is 85.7 Å². The van der Waals surface area contributed by atoms with Crippen molar-refractivity contribution in [2.24, 2.45) is 0 Å². The third kappa shape index (κ3) is 4.70. The van der Waals surface area contributed by atoms with E-state index >= 15 is 0 Å². The Morgan fingerprint density at radius 1 is 1.12 bits per heavy atom. The summed E-state index contributed by atoms with van der Waals surface area (Å²) >= 11 is 0. The lowest BCUT2D eigenvalue weighted by molar-refractivity contribution is -0.154. The van der Waals surface area contributed by atoms with Crippen molar-refractivity contribution in [2.75, 3.05) is 13.7 Å². The van der Waals surface area contributed by atoms with E-state index in [1.807, 2.05) is 0 Å². The molecule has 0 amide bonds. The maximum Gasteiger partial charge on any atom is 0.434 e. The maximum atomic E-state index is 13.0. The molecule has 1 aromatic rings. The Hall–Kier alpha value is -2.67. The standard InChI is InChI=1S/C12H7F8NO5/c1-25-10(24)3-5(8(13)14)21-7(12(18,19)20)4(9(22)23)6(3)26-2-11(15,16)17/h8H,2H2,1H3,(H,22,23). The second-order valence-electron chi connectivity index (χ2n) is 4.42. The molecule has 0 bridgehead atoms. The van der Waals surface area contributed by atoms with Gasteiger partial charge in [0.25, 0.3) is 6.43 Å². The number of carbonyl (C=O) groups excluding carboxylic acids is 1. The van der Waals surface area contributed by atoms with E-state index in [1.165, 1.54) is 0 Å². The molecule has 0 radical (unpaired) electrons. The molecule has 1 heterocycles. The summed E-state index contributed by atoms with van der Waals surface area (Å²) < 4.78 is 110. The van der Waals surface area contributed by atoms with Crippen LogP contribution in [0.2, 0.25) is 0 Å². The van der Waals surface area contributed by atoms with E-state index in [2.05, 4.69) is 14.5 Å². The average molecular weight is 397 g/mol. The monoisotopic (exact) mass is 397 g/mol. The number of hydrogen-bond donors (Lipinski definition) is 1. The Kier molecular flexibility index (Phi) is 5.99. The normalized spacial score (nSPS) is 12.2. The third-order valence-corrected chi connectivity index (χ3v) is 2.64. The van der Waals surface area contributed by atoms with Gasteiger partial charge in [-0.3, -0.25) is 0 Å². The van der Waals surface area contributed by atoms with Crippen molar-refractivity contribution < 1.29 is 59.3 Å². The van der Waals surface area contributed by atoms with Crippen LogP contribution in [0.25, 0.3) is 0 Å². The molecular formula is C12H7F8NO5. The number of methoxy groups -OCH3 is 1. The van der Waals surface area contributed by atoms with Gasteiger partial charge in [0.05, 0.1) is 7.11 Å². The number of ether oxygens (including phenoxy) is 2. The number of esters is 1. The summed E-state index contributed by atoms with van der Waals surface area (Å²) in [5, 5.41) is 8.91. The van der Waals surface area contributed by atoms with Crippen LogP contribution in [0.4, 0.5) is 35.1 Å². The van der Waals surface area contributed by atoms with Gasteiger partial charge < -0.3 is 14.6 Å². The number of carbonyl (C=O) groups is 2. The van der Waals surface area contributed by atoms with E-state index in [1.54, 1.807) is 0 Å². The fourth-order valence-electron chi connectivity index (χ4n) is 1.74. The van der Waals surface area contributed by atoms with E-state index in [9.17, 15) is 44.7 Å². The number of carboxylic acid groups (broad SMARTS) is 1. The van der Waals surface area contributed by atoms with Crippen molar-refractivity contribution in [3.8, 4) is 5.75 Å². The summed E-state index contributed by atoms with van der Waals surface area (Å²) in [7, 11) is 0.573. The molecule has 6 nitrogen and oxygen atoms in total. The lowest BCUT2D eigenvalue weighted by Gasteiger charge is -2.20. The quantitative estimate of drug-likeness (QED) is 0.605. The molecule has 0 unspecified atom stereocenters. The van der Waals surface area contributed by atoms with Gasteiger partial charge in [0, 0.05) is 0 Å². The van der Waals surface area contributed by atoms with Crippen molar-refractivity contribution in [3.63, 3.8) is 0 Å². The molecule has 0 saturated heterocycles. The van der Waals surface area contributed by atoms with Gasteiger partial charge in [-0.1, -0.05) is 0 Å². The number of pyridine rings is 1. The van der Waals surface area contributed by atoms with Crippen LogP contribution >= 0.6 is 0 Å². The number of alkyl halides is 8. The molecule has 0 aromatic carbocycles. The van der Waals surface area contributed by atoms with Gasteiger partial charge in [0.1, 0.15) is 16.8 Å². The van der Waals surface area contributed by atoms with Crippen molar-refractivity contribution >= 4 is 11.9 Å². The highest BCUT2D eigenvalue weighted by atomic mass is 19.4. The van der Waals surface area contributed by atoms with Crippen LogP contribution in [0.3, 0.4) is 0 Å². The zero-order chi connectivity index (χ0) is 20.4. The molecule has 14 heteroatoms. The van der Waals surface area contributed by atoms with Crippen molar-refractivity contribution in [3.05, 3.63) is 22.5 Å². The highest BCUT2D eigenvalue weighted by Gasteiger charge is 2.44. The fourth-order valence-corrected chi connectivity index (χ4v) is 1.74. The molecular weight excluding hydrogens is 390 g/mol. The van der Waals surface area contributed by atoms with Crippen molar-refractivity contribution in [2.45, 2.75) is 18.8 Å². The molecule has 0 atom stereocenters. The van der Waals surface area contributed by atoms with Gasteiger partial charge in [-0.2, -0.15) is 26.3 Å². The van der Waals surface area contributed by atoms with E-state index in [4.69, 9.17) is 5.11 Å². The van der Waals surface area contributed by atoms with Crippen LogP contribution in [0, 0.1) is 0 Å². The van der Waals surface area contributed by atoms with Crippen LogP contribution in [-0.2, 0) is 10.9 Å². The molecule has 1 aromatic heterocycles. The highest BCUT2D eigenvalue weighted by Crippen LogP contribution is 2.40. The lowest BCUT2D eigenvalue weighted by atomic mass is 10.0. The minimum Gasteiger partial charge on any atom is -0.482 e. The van der Waals surface area contributed by atoms with Crippen LogP contribution < -0.4 is 4.74 Å². The molecule has 1 N–H and O–H groups in total. The van der Waals surface area contributed by atoms with Crippen LogP contribution in [0.15, 0.2) is 0 Å². The highest BCUT2D eigenvalue weighted by molar-refractivity contribution is 6.01. The summed E-state index contributed by atoms with van der Waals surface area (Å²) in [6.07, 6.45) is -14.7. The predicted octanol–water partition coefficient (Wildman–Crippen LogP) is 3.46. The average Bonchev–Trinajstić information content (AvgIpc) is 2.48. The summed E-state index contributed by atoms with van der Waals surface area (Å²) in [5.41, 5.74) is -8.08. The summed E-state index contributed by atoms with van der Waals surface area (Å²) in [6, 6.07) is 0. The van der Waals surface area contributed by atoms with Crippen molar-refractivity contribution in [1.82, 2.24) is 4.98 Å². The van der Waals surface area contributed by atoms with Gasteiger partial charge >= 0.3 is 24.3 Å². The first-order chi connectivity index (χ1) is 11.7. The molecule has 0 aliphatic rings. The molecule has 1 rings (SSSR count). The van der Waals surface area contributed by atoms with Crippen molar-refractivity contribution in [1.29, 1.82) is 0 Å². The lowest BCUT2D eigenvalue weighted by Crippen LogP contribution is -2.26. The van der Waals surface area contributed by atoms with E-state index < -0.39 is 65.6 Å². The van der Waals surface area contributed by atoms with Gasteiger partial charge in [-0.25, -0.2) is 23.4 Å². The van der Waals surface area contributed by atoms with Gasteiger partial charge in [-0.15, -0.1) is 0 Å². The van der Waals surface area contributed by atoms with Gasteiger partial charge in [-0.05, 0) is 0 Å². The number of carboxylic acids is 1. The maximum absolute atomic E-state index is 13.0. The molecule has 146 valence electrons. The fraction of sp³-hybridized carbons (Fsp3) is 0.417. The number of aromatic carboxylic acids is 1. The van der Waals surface area contributed by atoms with Crippen LogP contribution in [-0.4, -0.2) is 41.9 Å². The van der Waals surface area contributed by atoms with Gasteiger partial charge in [0.15, 0.2) is 18.1 Å². The summed E-state index contributed by atoms with van der Waals surface area (Å²) in [4.78, 5) is 25.1. The van der Waals surface area contributed by atoms with Crippen LogP contribution in [0.1, 0.15) is 38.5 Å². The Bertz CT molecular complexity index is 713. The number of nitrogens with zero attached hydrogens (tertiary/aromatic N) is 1. The molecule has 26 heavy (non-hydrogen) atoms. The Morgan fingerprint density at radius 3 is 2.00 bits per heavy atom. The zero-order valence-electron chi connectivity index (χ0n) is 12.3. The first-order valence-electron chi connectivity index (χ1n) is 6.15. The number of hydrogen-bond acceptors (Lipinski definition) is 5. The minimum atomic E-state index is -5.65. The second kappa shape index (κ2) is 7.29. The SMILES string of the molecule is COC(=O)c1c(C(F)F)nc(C(F)(F)F)c(C(=O)O)c1OCC(F)(F)F. The van der Waals surface area contributed by atoms with E-state index in [0.717, 1.165) is 0 Å². The van der Waals surface area contributed by atoms with Gasteiger partial charge in [0.2, 0.25) is 0 Å². The van der Waals surface area contributed by atoms with E-state index in [-0.39, 0.29) is 0 Å². The smallest absolute Gasteiger partial charge is 0.434 e. The second-order valence-corrected chi connectivity index (χ2v) is 4.42. The summed E-state index contributed by atoms with van der Waals surface area (Å²) in [5.74, 6) is -6.24. The Labute approximate surface area is 138 Å². The molecule has 0 aliphatic heterocycles. The molecule has 0 spiro atoms. The zero-order valence-corrected chi connectivity index (χ0v) is 12.3. The number of rotatable bonds is 5. The third-order valence-electron chi connectivity index (χ3n) is 2.64. The first kappa shape index (κ1) is 21.4. The molecule has 0 fully saturated rings. The Balaban J connectivity index is 3.94. The predicted molar refractivity (Wildman–Crippen MR) is 64.0 cm³/mol. The van der Waals surface area contributed by atoms with E-state index in [0.29, 0.717) is 7.11 Å². The molecule has 0 saturated carbocycles. The number of aromatic nitrogens is 1. The van der Waals surface area contributed by atoms with Crippen LogP contribution in [0.5, 0.6) is 5.75 Å². The largest absolute Gasteiger partial charge is 0.482 e. The number of halogens is 8. The first-order valence-corrected chi connectivity index (χ1v) is 6.15. The molecule has 0 aliphatic carbocycles.